The van der Waals surface area contributed by atoms with E-state index in [4.69, 9.17) is 4.74 Å². The monoisotopic (exact) mass is 325 g/mol. The topological polar surface area (TPSA) is 79.8 Å². The fourth-order valence-corrected chi connectivity index (χ4v) is 4.21. The molecule has 0 aliphatic carbocycles. The molecule has 1 aromatic heterocycles. The number of sulfonamides is 1. The molecule has 2 atom stereocenters. The molecule has 2 fully saturated rings. The number of fused-ring (bicyclic) bond motifs is 1. The summed E-state index contributed by atoms with van der Waals surface area (Å²) in [6.07, 6.45) is 4.87. The number of hydrogen-bond donors (Lipinski definition) is 0. The van der Waals surface area contributed by atoms with Crippen LogP contribution in [0.2, 0.25) is 0 Å². The molecule has 1 amide bonds. The summed E-state index contributed by atoms with van der Waals surface area (Å²) in [5.74, 6) is -0.0973. The lowest BCUT2D eigenvalue weighted by Crippen LogP contribution is -2.61. The average molecular weight is 325 g/mol. The summed E-state index contributed by atoms with van der Waals surface area (Å²) in [4.78, 5) is 18.1. The van der Waals surface area contributed by atoms with Crippen molar-refractivity contribution < 1.29 is 17.9 Å². The van der Waals surface area contributed by atoms with Gasteiger partial charge < -0.3 is 9.64 Å². The van der Waals surface area contributed by atoms with Crippen molar-refractivity contribution in [3.8, 4) is 0 Å². The van der Waals surface area contributed by atoms with E-state index in [1.54, 1.807) is 29.4 Å². The van der Waals surface area contributed by atoms with Gasteiger partial charge in [-0.2, -0.15) is 4.31 Å². The van der Waals surface area contributed by atoms with Crippen LogP contribution in [0.4, 0.5) is 0 Å². The molecule has 0 saturated carbocycles. The number of ether oxygens (including phenoxy) is 1. The molecule has 0 N–H and O–H groups in total. The van der Waals surface area contributed by atoms with E-state index in [0.29, 0.717) is 38.2 Å². The number of hydrogen-bond acceptors (Lipinski definition) is 5. The molecule has 8 heteroatoms. The van der Waals surface area contributed by atoms with Gasteiger partial charge in [-0.05, 0) is 18.6 Å². The van der Waals surface area contributed by atoms with Gasteiger partial charge in [-0.3, -0.25) is 9.78 Å². The smallest absolute Gasteiger partial charge is 0.254 e. The molecule has 1 aromatic rings. The number of aromatic nitrogens is 1. The molecular formula is C14H19N3O4S. The van der Waals surface area contributed by atoms with E-state index in [1.165, 1.54) is 10.6 Å². The molecule has 2 aliphatic rings. The molecule has 2 saturated heterocycles. The zero-order chi connectivity index (χ0) is 15.7. The van der Waals surface area contributed by atoms with Crippen LogP contribution in [-0.4, -0.2) is 73.2 Å². The van der Waals surface area contributed by atoms with Gasteiger partial charge in [-0.25, -0.2) is 8.42 Å². The van der Waals surface area contributed by atoms with E-state index in [2.05, 4.69) is 4.98 Å². The number of carbonyl (C=O) groups is 1. The van der Waals surface area contributed by atoms with Gasteiger partial charge in [0, 0.05) is 37.6 Å². The summed E-state index contributed by atoms with van der Waals surface area (Å²) in [5.41, 5.74) is 0.566. The predicted molar refractivity (Wildman–Crippen MR) is 79.8 cm³/mol. The first-order valence-corrected chi connectivity index (χ1v) is 9.09. The quantitative estimate of drug-likeness (QED) is 0.762. The number of pyridine rings is 1. The zero-order valence-electron chi connectivity index (χ0n) is 12.4. The van der Waals surface area contributed by atoms with Crippen LogP contribution >= 0.6 is 0 Å². The lowest BCUT2D eigenvalue weighted by Gasteiger charge is -2.45. The second-order valence-corrected chi connectivity index (χ2v) is 7.56. The van der Waals surface area contributed by atoms with Crippen LogP contribution in [0, 0.1) is 0 Å². The molecule has 0 spiro atoms. The van der Waals surface area contributed by atoms with Crippen molar-refractivity contribution in [2.75, 3.05) is 32.5 Å². The highest BCUT2D eigenvalue weighted by Gasteiger charge is 2.42. The molecule has 0 unspecified atom stereocenters. The molecule has 2 aliphatic heterocycles. The number of likely N-dealkylation sites (tertiary alicyclic amines) is 1. The third-order valence-electron chi connectivity index (χ3n) is 4.17. The average Bonchev–Trinajstić information content (AvgIpc) is 2.53. The third kappa shape index (κ3) is 2.99. The highest BCUT2D eigenvalue weighted by molar-refractivity contribution is 7.88. The van der Waals surface area contributed by atoms with E-state index >= 15 is 0 Å². The normalized spacial score (nSPS) is 26.5. The Morgan fingerprint density at radius 3 is 2.73 bits per heavy atom. The number of piperidine rings is 1. The number of nitrogens with zero attached hydrogens (tertiary/aromatic N) is 3. The lowest BCUT2D eigenvalue weighted by molar-refractivity contribution is -0.0704. The van der Waals surface area contributed by atoms with Gasteiger partial charge in [0.2, 0.25) is 10.0 Å². The number of amides is 1. The largest absolute Gasteiger partial charge is 0.375 e. The van der Waals surface area contributed by atoms with Crippen molar-refractivity contribution in [1.29, 1.82) is 0 Å². The first-order valence-electron chi connectivity index (χ1n) is 7.24. The molecular weight excluding hydrogens is 306 g/mol. The molecule has 120 valence electrons. The second-order valence-electron chi connectivity index (χ2n) is 5.63. The maximum absolute atomic E-state index is 12.5. The molecule has 7 nitrogen and oxygen atoms in total. The van der Waals surface area contributed by atoms with Crippen molar-refractivity contribution in [3.05, 3.63) is 30.1 Å². The van der Waals surface area contributed by atoms with E-state index in [9.17, 15) is 13.2 Å². The molecule has 3 heterocycles. The van der Waals surface area contributed by atoms with Crippen molar-refractivity contribution in [1.82, 2.24) is 14.2 Å². The summed E-state index contributed by atoms with van der Waals surface area (Å²) in [6, 6.07) is 3.03. The molecule has 0 aromatic carbocycles. The van der Waals surface area contributed by atoms with Crippen LogP contribution in [0.25, 0.3) is 0 Å². The van der Waals surface area contributed by atoms with Gasteiger partial charge in [-0.1, -0.05) is 0 Å². The van der Waals surface area contributed by atoms with Gasteiger partial charge in [0.1, 0.15) is 0 Å². The minimum atomic E-state index is -3.30. The zero-order valence-corrected chi connectivity index (χ0v) is 13.2. The van der Waals surface area contributed by atoms with E-state index in [1.807, 2.05) is 0 Å². The molecule has 0 radical (unpaired) electrons. The Bertz CT molecular complexity index is 649. The summed E-state index contributed by atoms with van der Waals surface area (Å²) in [7, 11) is -3.30. The predicted octanol–water partition coefficient (Wildman–Crippen LogP) is -0.0435. The summed E-state index contributed by atoms with van der Waals surface area (Å²) < 4.78 is 31.0. The standard InChI is InChI=1S/C14H19N3O4S/c1-22(19,20)17-8-9-21-13-4-7-16(10-12(13)17)14(18)11-2-5-15-6-3-11/h2-3,5-6,12-13H,4,7-10H2,1H3/t12-,13-/m1/s1. The SMILES string of the molecule is CS(=O)(=O)N1CCO[C@@H]2CCN(C(=O)c3ccncc3)C[C@H]21. The Kier molecular flexibility index (Phi) is 4.16. The highest BCUT2D eigenvalue weighted by atomic mass is 32.2. The van der Waals surface area contributed by atoms with Crippen LogP contribution in [0.5, 0.6) is 0 Å². The van der Waals surface area contributed by atoms with E-state index in [0.717, 1.165) is 0 Å². The Morgan fingerprint density at radius 2 is 2.05 bits per heavy atom. The Morgan fingerprint density at radius 1 is 1.32 bits per heavy atom. The van der Waals surface area contributed by atoms with Crippen LogP contribution in [0.1, 0.15) is 16.8 Å². The van der Waals surface area contributed by atoms with Gasteiger partial charge in [0.05, 0.1) is 25.0 Å². The molecule has 0 bridgehead atoms. The third-order valence-corrected chi connectivity index (χ3v) is 5.48. The first kappa shape index (κ1) is 15.4. The fraction of sp³-hybridized carbons (Fsp3) is 0.571. The Balaban J connectivity index is 1.79. The van der Waals surface area contributed by atoms with Gasteiger partial charge in [0.15, 0.2) is 0 Å². The maximum atomic E-state index is 12.5. The summed E-state index contributed by atoms with van der Waals surface area (Å²) >= 11 is 0. The summed E-state index contributed by atoms with van der Waals surface area (Å²) in [6.45, 7) is 1.68. The van der Waals surface area contributed by atoms with Gasteiger partial charge in [-0.15, -0.1) is 0 Å². The van der Waals surface area contributed by atoms with Gasteiger partial charge in [0.25, 0.3) is 5.91 Å². The first-order chi connectivity index (χ1) is 10.5. The number of carbonyl (C=O) groups excluding carboxylic acids is 1. The number of morpholine rings is 1. The second kappa shape index (κ2) is 5.94. The fourth-order valence-electron chi connectivity index (χ4n) is 3.11. The molecule has 22 heavy (non-hydrogen) atoms. The minimum Gasteiger partial charge on any atom is -0.375 e. The maximum Gasteiger partial charge on any atom is 0.254 e. The molecule has 3 rings (SSSR count). The number of rotatable bonds is 2. The van der Waals surface area contributed by atoms with Crippen molar-refractivity contribution >= 4 is 15.9 Å². The highest BCUT2D eigenvalue weighted by Crippen LogP contribution is 2.25. The van der Waals surface area contributed by atoms with Crippen LogP contribution < -0.4 is 0 Å². The van der Waals surface area contributed by atoms with E-state index < -0.39 is 10.0 Å². The van der Waals surface area contributed by atoms with Crippen LogP contribution in [0.15, 0.2) is 24.5 Å². The van der Waals surface area contributed by atoms with Gasteiger partial charge >= 0.3 is 0 Å². The van der Waals surface area contributed by atoms with Crippen LogP contribution in [-0.2, 0) is 14.8 Å². The Labute approximate surface area is 129 Å². The lowest BCUT2D eigenvalue weighted by atomic mass is 10.00. The van der Waals surface area contributed by atoms with Crippen molar-refractivity contribution in [2.24, 2.45) is 0 Å². The Hall–Kier alpha value is -1.51. The van der Waals surface area contributed by atoms with Crippen molar-refractivity contribution in [2.45, 2.75) is 18.6 Å². The van der Waals surface area contributed by atoms with Crippen LogP contribution in [0.3, 0.4) is 0 Å². The summed E-state index contributed by atoms with van der Waals surface area (Å²) in [5, 5.41) is 0. The van der Waals surface area contributed by atoms with E-state index in [-0.39, 0.29) is 18.1 Å². The van der Waals surface area contributed by atoms with Crippen molar-refractivity contribution in [3.63, 3.8) is 0 Å². The minimum absolute atomic E-state index is 0.0973.